The molecule has 1 saturated carbocycles. The highest BCUT2D eigenvalue weighted by Gasteiger charge is 2.24. The molecule has 0 aliphatic heterocycles. The van der Waals surface area contributed by atoms with Gasteiger partial charge in [-0.05, 0) is 43.4 Å². The molecule has 1 N–H and O–H groups in total. The van der Waals surface area contributed by atoms with Crippen LogP contribution in [0.5, 0.6) is 0 Å². The lowest BCUT2D eigenvalue weighted by Gasteiger charge is -2.28. The van der Waals surface area contributed by atoms with E-state index < -0.39 is 0 Å². The van der Waals surface area contributed by atoms with Crippen molar-refractivity contribution >= 4 is 0 Å². The Morgan fingerprint density at radius 2 is 1.78 bits per heavy atom. The first-order valence-corrected chi connectivity index (χ1v) is 7.62. The monoisotopic (exact) mass is 245 g/mol. The fourth-order valence-electron chi connectivity index (χ4n) is 3.45. The summed E-state index contributed by atoms with van der Waals surface area (Å²) in [6.45, 7) is 2.26. The van der Waals surface area contributed by atoms with Crippen molar-refractivity contribution in [3.63, 3.8) is 0 Å². The zero-order chi connectivity index (χ0) is 12.8. The molecule has 1 unspecified atom stereocenters. The minimum absolute atomic E-state index is 0.555. The first-order valence-electron chi connectivity index (χ1n) is 7.62. The predicted molar refractivity (Wildman–Crippen MR) is 78.8 cm³/mol. The van der Waals surface area contributed by atoms with Crippen LogP contribution in [0.25, 0.3) is 0 Å². The normalized spacial score (nSPS) is 19.4. The zero-order valence-electron chi connectivity index (χ0n) is 11.9. The van der Waals surface area contributed by atoms with Gasteiger partial charge in [-0.3, -0.25) is 0 Å². The molecule has 0 heterocycles. The van der Waals surface area contributed by atoms with Crippen LogP contribution in [-0.2, 0) is 6.42 Å². The van der Waals surface area contributed by atoms with Gasteiger partial charge in [-0.15, -0.1) is 0 Å². The lowest BCUT2D eigenvalue weighted by atomic mass is 9.85. The number of benzene rings is 1. The maximum absolute atomic E-state index is 3.59. The summed E-state index contributed by atoms with van der Waals surface area (Å²) in [5.41, 5.74) is 3.05. The van der Waals surface area contributed by atoms with Crippen molar-refractivity contribution < 1.29 is 0 Å². The summed E-state index contributed by atoms with van der Waals surface area (Å²) in [4.78, 5) is 0. The Morgan fingerprint density at radius 1 is 1.11 bits per heavy atom. The highest BCUT2D eigenvalue weighted by Crippen LogP contribution is 2.34. The molecule has 1 fully saturated rings. The summed E-state index contributed by atoms with van der Waals surface area (Å²) < 4.78 is 0. The van der Waals surface area contributed by atoms with Crippen LogP contribution in [0.2, 0.25) is 0 Å². The molecule has 1 aliphatic rings. The van der Waals surface area contributed by atoms with Crippen molar-refractivity contribution in [2.45, 2.75) is 57.9 Å². The van der Waals surface area contributed by atoms with Crippen molar-refractivity contribution in [2.24, 2.45) is 5.92 Å². The second kappa shape index (κ2) is 6.94. The zero-order valence-corrected chi connectivity index (χ0v) is 11.9. The predicted octanol–water partition coefficient (Wildman–Crippen LogP) is 4.48. The standard InChI is InChI=1S/C17H27N/c1-3-14-10-8-9-13-16(14)17(18-2)15-11-6-4-5-7-12-15/h8-10,13,15,17-18H,3-7,11-12H2,1-2H3. The molecule has 1 heteroatoms. The van der Waals surface area contributed by atoms with Gasteiger partial charge in [0.2, 0.25) is 0 Å². The molecule has 1 aromatic rings. The number of nitrogens with one attached hydrogen (secondary N) is 1. The third-order valence-corrected chi connectivity index (χ3v) is 4.45. The van der Waals surface area contributed by atoms with E-state index in [0.29, 0.717) is 6.04 Å². The van der Waals surface area contributed by atoms with Gasteiger partial charge in [-0.25, -0.2) is 0 Å². The van der Waals surface area contributed by atoms with E-state index in [4.69, 9.17) is 0 Å². The Kier molecular flexibility index (Phi) is 5.25. The fourth-order valence-corrected chi connectivity index (χ4v) is 3.45. The van der Waals surface area contributed by atoms with Gasteiger partial charge < -0.3 is 5.32 Å². The van der Waals surface area contributed by atoms with Gasteiger partial charge in [0, 0.05) is 6.04 Å². The molecule has 0 amide bonds. The number of rotatable bonds is 4. The quantitative estimate of drug-likeness (QED) is 0.771. The molecule has 2 rings (SSSR count). The maximum atomic E-state index is 3.59. The average Bonchev–Trinajstić information content (AvgIpc) is 2.69. The molecule has 1 nitrogen and oxygen atoms in total. The first kappa shape index (κ1) is 13.6. The number of hydrogen-bond acceptors (Lipinski definition) is 1. The van der Waals surface area contributed by atoms with Crippen molar-refractivity contribution in [3.8, 4) is 0 Å². The van der Waals surface area contributed by atoms with Crippen molar-refractivity contribution in [1.29, 1.82) is 0 Å². The Morgan fingerprint density at radius 3 is 2.39 bits per heavy atom. The maximum Gasteiger partial charge on any atom is 0.0348 e. The van der Waals surface area contributed by atoms with E-state index in [1.165, 1.54) is 49.7 Å². The summed E-state index contributed by atoms with van der Waals surface area (Å²) in [7, 11) is 2.13. The molecular weight excluding hydrogens is 218 g/mol. The summed E-state index contributed by atoms with van der Waals surface area (Å²) in [6, 6.07) is 9.53. The molecule has 0 spiro atoms. The number of aryl methyl sites for hydroxylation is 1. The molecule has 18 heavy (non-hydrogen) atoms. The third-order valence-electron chi connectivity index (χ3n) is 4.45. The largest absolute Gasteiger partial charge is 0.313 e. The van der Waals surface area contributed by atoms with E-state index in [2.05, 4.69) is 43.6 Å². The van der Waals surface area contributed by atoms with Gasteiger partial charge in [-0.1, -0.05) is 56.9 Å². The average molecular weight is 245 g/mol. The summed E-state index contributed by atoms with van der Waals surface area (Å²) >= 11 is 0. The second-order valence-electron chi connectivity index (χ2n) is 5.57. The minimum atomic E-state index is 0.555. The highest BCUT2D eigenvalue weighted by molar-refractivity contribution is 5.30. The molecule has 1 aliphatic carbocycles. The molecule has 1 aromatic carbocycles. The van der Waals surface area contributed by atoms with E-state index >= 15 is 0 Å². The van der Waals surface area contributed by atoms with Crippen LogP contribution in [-0.4, -0.2) is 7.05 Å². The lowest BCUT2D eigenvalue weighted by Crippen LogP contribution is -2.26. The van der Waals surface area contributed by atoms with Crippen molar-refractivity contribution in [1.82, 2.24) is 5.32 Å². The molecule has 1 atom stereocenters. The van der Waals surface area contributed by atoms with Crippen LogP contribution in [0.4, 0.5) is 0 Å². The van der Waals surface area contributed by atoms with Crippen molar-refractivity contribution in [3.05, 3.63) is 35.4 Å². The van der Waals surface area contributed by atoms with Crippen LogP contribution < -0.4 is 5.32 Å². The van der Waals surface area contributed by atoms with E-state index in [0.717, 1.165) is 12.3 Å². The Hall–Kier alpha value is -0.820. The molecule has 0 saturated heterocycles. The van der Waals surface area contributed by atoms with E-state index in [1.807, 2.05) is 0 Å². The van der Waals surface area contributed by atoms with Crippen molar-refractivity contribution in [2.75, 3.05) is 7.05 Å². The number of hydrogen-bond donors (Lipinski definition) is 1. The van der Waals surface area contributed by atoms with Crippen LogP contribution in [0.1, 0.15) is 62.6 Å². The van der Waals surface area contributed by atoms with Gasteiger partial charge in [0.1, 0.15) is 0 Å². The summed E-state index contributed by atoms with van der Waals surface area (Å²) in [6.07, 6.45) is 9.62. The second-order valence-corrected chi connectivity index (χ2v) is 5.57. The van der Waals surface area contributed by atoms with E-state index in [1.54, 1.807) is 0 Å². The Labute approximate surface area is 112 Å². The molecule has 0 radical (unpaired) electrons. The van der Waals surface area contributed by atoms with Gasteiger partial charge in [0.15, 0.2) is 0 Å². The third kappa shape index (κ3) is 3.14. The molecule has 0 bridgehead atoms. The van der Waals surface area contributed by atoms with Gasteiger partial charge in [0.25, 0.3) is 0 Å². The lowest BCUT2D eigenvalue weighted by molar-refractivity contribution is 0.340. The SMILES string of the molecule is CCc1ccccc1C(NC)C1CCCCCC1. The highest BCUT2D eigenvalue weighted by atomic mass is 14.9. The van der Waals surface area contributed by atoms with Gasteiger partial charge in [0.05, 0.1) is 0 Å². The van der Waals surface area contributed by atoms with E-state index in [-0.39, 0.29) is 0 Å². The topological polar surface area (TPSA) is 12.0 Å². The van der Waals surface area contributed by atoms with Crippen LogP contribution in [0.15, 0.2) is 24.3 Å². The summed E-state index contributed by atoms with van der Waals surface area (Å²) in [5.74, 6) is 0.824. The van der Waals surface area contributed by atoms with E-state index in [9.17, 15) is 0 Å². The molecule has 0 aromatic heterocycles. The smallest absolute Gasteiger partial charge is 0.0348 e. The Balaban J connectivity index is 2.20. The first-order chi connectivity index (χ1) is 8.86. The Bertz CT molecular complexity index is 350. The van der Waals surface area contributed by atoms with Gasteiger partial charge >= 0.3 is 0 Å². The molecule has 100 valence electrons. The summed E-state index contributed by atoms with van der Waals surface area (Å²) in [5, 5.41) is 3.59. The molecular formula is C17H27N. The van der Waals surface area contributed by atoms with Crippen LogP contribution in [0.3, 0.4) is 0 Å². The van der Waals surface area contributed by atoms with Gasteiger partial charge in [-0.2, -0.15) is 0 Å². The van der Waals surface area contributed by atoms with Crippen LogP contribution in [0, 0.1) is 5.92 Å². The van der Waals surface area contributed by atoms with Crippen LogP contribution >= 0.6 is 0 Å². The minimum Gasteiger partial charge on any atom is -0.313 e. The fraction of sp³-hybridized carbons (Fsp3) is 0.647.